The van der Waals surface area contributed by atoms with Gasteiger partial charge in [0.2, 0.25) is 5.91 Å². The molecule has 15 heavy (non-hydrogen) atoms. The Hall–Kier alpha value is -1.30. The summed E-state index contributed by atoms with van der Waals surface area (Å²) >= 11 is 3.85. The lowest BCUT2D eigenvalue weighted by molar-refractivity contribution is -0.158. The first-order chi connectivity index (χ1) is 6.88. The highest BCUT2D eigenvalue weighted by atomic mass is 32.1. The third kappa shape index (κ3) is 5.21. The molecule has 0 bridgehead atoms. The summed E-state index contributed by atoms with van der Waals surface area (Å²) < 4.78 is 4.42. The van der Waals surface area contributed by atoms with Crippen LogP contribution in [0.15, 0.2) is 12.2 Å². The van der Waals surface area contributed by atoms with E-state index in [4.69, 9.17) is 0 Å². The minimum absolute atomic E-state index is 0.0574. The van der Waals surface area contributed by atoms with Crippen LogP contribution in [0.4, 0.5) is 0 Å². The van der Waals surface area contributed by atoms with E-state index < -0.39 is 23.9 Å². The molecule has 0 aliphatic rings. The molecule has 6 heteroatoms. The number of thiol groups is 1. The van der Waals surface area contributed by atoms with E-state index in [1.54, 1.807) is 0 Å². The maximum Gasteiger partial charge on any atom is 0.340 e. The van der Waals surface area contributed by atoms with Crippen LogP contribution in [0.5, 0.6) is 0 Å². The molecule has 1 amide bonds. The van der Waals surface area contributed by atoms with E-state index in [2.05, 4.69) is 29.3 Å². The smallest absolute Gasteiger partial charge is 0.340 e. The second-order valence-corrected chi connectivity index (χ2v) is 3.29. The first-order valence-electron chi connectivity index (χ1n) is 4.18. The van der Waals surface area contributed by atoms with Gasteiger partial charge in [0.05, 0.1) is 0 Å². The molecule has 1 N–H and O–H groups in total. The number of ether oxygens (including phenoxy) is 1. The van der Waals surface area contributed by atoms with Gasteiger partial charge in [-0.05, 0) is 6.92 Å². The largest absolute Gasteiger partial charge is 0.388 e. The lowest BCUT2D eigenvalue weighted by atomic mass is 10.3. The van der Waals surface area contributed by atoms with Crippen LogP contribution in [0.2, 0.25) is 0 Å². The van der Waals surface area contributed by atoms with Crippen molar-refractivity contribution in [2.24, 2.45) is 0 Å². The van der Waals surface area contributed by atoms with Crippen molar-refractivity contribution in [2.45, 2.75) is 19.9 Å². The van der Waals surface area contributed by atoms with Crippen molar-refractivity contribution < 1.29 is 19.1 Å². The zero-order chi connectivity index (χ0) is 12.0. The summed E-state index contributed by atoms with van der Waals surface area (Å²) in [4.78, 5) is 32.9. The molecule has 84 valence electrons. The van der Waals surface area contributed by atoms with Crippen molar-refractivity contribution in [1.82, 2.24) is 5.32 Å². The number of carbonyl (C=O) groups excluding carboxylic acids is 3. The molecule has 5 nitrogen and oxygen atoms in total. The van der Waals surface area contributed by atoms with Gasteiger partial charge in [-0.3, -0.25) is 4.79 Å². The summed E-state index contributed by atoms with van der Waals surface area (Å²) in [5.74, 6) is -1.99. The number of hydrogen-bond acceptors (Lipinski definition) is 5. The topological polar surface area (TPSA) is 72.5 Å². The molecule has 0 aromatic heterocycles. The van der Waals surface area contributed by atoms with Crippen LogP contribution in [0.3, 0.4) is 0 Å². The monoisotopic (exact) mass is 231 g/mol. The molecule has 0 saturated carbocycles. The Kier molecular flexibility index (Phi) is 5.69. The molecule has 0 aromatic rings. The summed E-state index contributed by atoms with van der Waals surface area (Å²) in [6.45, 7) is 6.00. The lowest BCUT2D eigenvalue weighted by Gasteiger charge is -2.13. The van der Waals surface area contributed by atoms with E-state index in [9.17, 15) is 14.4 Å². The first-order valence-corrected chi connectivity index (χ1v) is 4.81. The van der Waals surface area contributed by atoms with Crippen LogP contribution in [-0.2, 0) is 19.1 Å². The molecule has 0 aliphatic carbocycles. The van der Waals surface area contributed by atoms with E-state index in [0.29, 0.717) is 0 Å². The number of carbonyl (C=O) groups is 3. The molecule has 0 spiro atoms. The maximum atomic E-state index is 11.3. The molecule has 1 atom stereocenters. The number of amides is 1. The van der Waals surface area contributed by atoms with Crippen molar-refractivity contribution in [2.75, 3.05) is 5.75 Å². The van der Waals surface area contributed by atoms with Gasteiger partial charge in [-0.25, -0.2) is 9.59 Å². The normalized spacial score (nSPS) is 11.4. The standard InChI is InChI=1S/C9H13NO4S/c1-5(2)8(12)14-9(13)7(4-15)10-6(3)11/h7,15H,1,4H2,2-3H3,(H,10,11)/t7-/m0/s1. The lowest BCUT2D eigenvalue weighted by Crippen LogP contribution is -2.42. The number of hydrogen-bond donors (Lipinski definition) is 2. The number of rotatable bonds is 4. The average Bonchev–Trinajstić information content (AvgIpc) is 2.13. The summed E-state index contributed by atoms with van der Waals surface area (Å²) in [6.07, 6.45) is 0. The van der Waals surface area contributed by atoms with Gasteiger partial charge in [-0.2, -0.15) is 12.6 Å². The Bertz CT molecular complexity index is 300. The van der Waals surface area contributed by atoms with E-state index >= 15 is 0 Å². The minimum Gasteiger partial charge on any atom is -0.388 e. The van der Waals surface area contributed by atoms with Crippen LogP contribution < -0.4 is 5.32 Å². The molecule has 0 fully saturated rings. The van der Waals surface area contributed by atoms with Crippen molar-refractivity contribution in [3.8, 4) is 0 Å². The Balaban J connectivity index is 4.34. The maximum absolute atomic E-state index is 11.3. The molecule has 0 rings (SSSR count). The van der Waals surface area contributed by atoms with Gasteiger partial charge in [-0.15, -0.1) is 0 Å². The predicted molar refractivity (Wildman–Crippen MR) is 57.4 cm³/mol. The van der Waals surface area contributed by atoms with Crippen molar-refractivity contribution in [1.29, 1.82) is 0 Å². The number of esters is 2. The SMILES string of the molecule is C=C(C)C(=O)OC(=O)[C@H](CS)NC(C)=O. The fraction of sp³-hybridized carbons (Fsp3) is 0.444. The van der Waals surface area contributed by atoms with Crippen molar-refractivity contribution in [3.05, 3.63) is 12.2 Å². The van der Waals surface area contributed by atoms with Crippen LogP contribution in [-0.4, -0.2) is 29.6 Å². The molecule has 0 radical (unpaired) electrons. The molecule has 0 aliphatic heterocycles. The molecule has 0 saturated heterocycles. The fourth-order valence-electron chi connectivity index (χ4n) is 0.674. The Morgan fingerprint density at radius 1 is 1.40 bits per heavy atom. The quantitative estimate of drug-likeness (QED) is 0.311. The highest BCUT2D eigenvalue weighted by molar-refractivity contribution is 7.80. The first kappa shape index (κ1) is 13.7. The van der Waals surface area contributed by atoms with Gasteiger partial charge in [0.15, 0.2) is 0 Å². The Morgan fingerprint density at radius 2 is 1.93 bits per heavy atom. The van der Waals surface area contributed by atoms with Gasteiger partial charge in [0, 0.05) is 18.2 Å². The van der Waals surface area contributed by atoms with Gasteiger partial charge in [0.25, 0.3) is 0 Å². The van der Waals surface area contributed by atoms with Crippen LogP contribution in [0.25, 0.3) is 0 Å². The second-order valence-electron chi connectivity index (χ2n) is 2.92. The summed E-state index contributed by atoms with van der Waals surface area (Å²) in [5, 5.41) is 2.30. The fourth-order valence-corrected chi connectivity index (χ4v) is 0.914. The highest BCUT2D eigenvalue weighted by Crippen LogP contribution is 1.98. The molecule has 0 unspecified atom stereocenters. The van der Waals surface area contributed by atoms with Gasteiger partial charge in [-0.1, -0.05) is 6.58 Å². The van der Waals surface area contributed by atoms with E-state index in [1.807, 2.05) is 0 Å². The van der Waals surface area contributed by atoms with Crippen LogP contribution >= 0.6 is 12.6 Å². The van der Waals surface area contributed by atoms with E-state index in [-0.39, 0.29) is 11.3 Å². The number of nitrogens with one attached hydrogen (secondary N) is 1. The molecule has 0 aromatic carbocycles. The second kappa shape index (κ2) is 6.23. The molecular formula is C9H13NO4S. The van der Waals surface area contributed by atoms with Gasteiger partial charge in [0.1, 0.15) is 6.04 Å². The predicted octanol–water partition coefficient (Wildman–Crippen LogP) is 0.0668. The van der Waals surface area contributed by atoms with Crippen LogP contribution in [0, 0.1) is 0 Å². The zero-order valence-corrected chi connectivity index (χ0v) is 9.47. The summed E-state index contributed by atoms with van der Waals surface area (Å²) in [7, 11) is 0. The zero-order valence-electron chi connectivity index (χ0n) is 8.57. The molecule has 0 heterocycles. The Morgan fingerprint density at radius 3 is 2.27 bits per heavy atom. The third-order valence-corrected chi connectivity index (χ3v) is 1.75. The summed E-state index contributed by atoms with van der Waals surface area (Å²) in [6, 6.07) is -0.922. The minimum atomic E-state index is -0.922. The van der Waals surface area contributed by atoms with Gasteiger partial charge >= 0.3 is 11.9 Å². The Labute approximate surface area is 93.3 Å². The third-order valence-electron chi connectivity index (χ3n) is 1.39. The highest BCUT2D eigenvalue weighted by Gasteiger charge is 2.22. The van der Waals surface area contributed by atoms with Crippen molar-refractivity contribution >= 4 is 30.5 Å². The van der Waals surface area contributed by atoms with E-state index in [1.165, 1.54) is 13.8 Å². The summed E-state index contributed by atoms with van der Waals surface area (Å²) in [5.41, 5.74) is 0.115. The average molecular weight is 231 g/mol. The van der Waals surface area contributed by atoms with Crippen LogP contribution in [0.1, 0.15) is 13.8 Å². The van der Waals surface area contributed by atoms with E-state index in [0.717, 1.165) is 0 Å². The molecular weight excluding hydrogens is 218 g/mol. The van der Waals surface area contributed by atoms with Gasteiger partial charge < -0.3 is 10.1 Å². The van der Waals surface area contributed by atoms with Crippen molar-refractivity contribution in [3.63, 3.8) is 0 Å².